The van der Waals surface area contributed by atoms with Gasteiger partial charge in [0.25, 0.3) is 5.91 Å². The number of carbonyl (C=O) groups excluding carboxylic acids is 2. The first-order valence-electron chi connectivity index (χ1n) is 9.64. The maximum Gasteiger partial charge on any atom is 0.251 e. The Balaban J connectivity index is 1.46. The van der Waals surface area contributed by atoms with Crippen LogP contribution in [0.2, 0.25) is 0 Å². The van der Waals surface area contributed by atoms with E-state index in [0.29, 0.717) is 5.69 Å². The minimum absolute atomic E-state index is 0.106. The zero-order valence-corrected chi connectivity index (χ0v) is 16.3. The van der Waals surface area contributed by atoms with Crippen molar-refractivity contribution in [2.75, 3.05) is 43.1 Å². The Kier molecular flexibility index (Phi) is 5.05. The first-order chi connectivity index (χ1) is 13.6. The third-order valence-electron chi connectivity index (χ3n) is 5.66. The zero-order valence-electron chi connectivity index (χ0n) is 16.3. The standard InChI is InChI=1S/C22H25N3O3/c1-16-7-3-4-8-17(16)25-21(26)15-19(22(25)27)24-13-11-23(12-14-24)18-9-5-6-10-20(18)28-2/h3-10,19H,11-15H2,1-2H3. The van der Waals surface area contributed by atoms with Crippen molar-refractivity contribution in [1.29, 1.82) is 0 Å². The van der Waals surface area contributed by atoms with Crippen molar-refractivity contribution < 1.29 is 14.3 Å². The summed E-state index contributed by atoms with van der Waals surface area (Å²) in [6.07, 6.45) is 0.252. The molecule has 0 bridgehead atoms. The summed E-state index contributed by atoms with van der Waals surface area (Å²) >= 11 is 0. The molecular formula is C22H25N3O3. The van der Waals surface area contributed by atoms with Crippen LogP contribution in [-0.4, -0.2) is 56.0 Å². The second-order valence-electron chi connectivity index (χ2n) is 7.27. The zero-order chi connectivity index (χ0) is 19.7. The molecule has 2 saturated heterocycles. The monoisotopic (exact) mass is 379 g/mol. The van der Waals surface area contributed by atoms with Gasteiger partial charge in [-0.05, 0) is 30.7 Å². The van der Waals surface area contributed by atoms with E-state index in [2.05, 4.69) is 15.9 Å². The Bertz CT molecular complexity index is 890. The molecule has 2 fully saturated rings. The molecule has 6 heteroatoms. The summed E-state index contributed by atoms with van der Waals surface area (Å²) in [5.74, 6) is 0.635. The highest BCUT2D eigenvalue weighted by atomic mass is 16.5. The van der Waals surface area contributed by atoms with Crippen LogP contribution in [0.5, 0.6) is 5.75 Å². The number of rotatable bonds is 4. The average molecular weight is 379 g/mol. The Morgan fingerprint density at radius 2 is 1.54 bits per heavy atom. The maximum absolute atomic E-state index is 13.0. The molecule has 0 aromatic heterocycles. The highest BCUT2D eigenvalue weighted by molar-refractivity contribution is 6.22. The lowest BCUT2D eigenvalue weighted by molar-refractivity contribution is -0.123. The fraction of sp³-hybridized carbons (Fsp3) is 0.364. The van der Waals surface area contributed by atoms with Crippen molar-refractivity contribution in [1.82, 2.24) is 4.90 Å². The molecule has 0 N–H and O–H groups in total. The van der Waals surface area contributed by atoms with Crippen molar-refractivity contribution in [2.24, 2.45) is 0 Å². The molecule has 0 radical (unpaired) electrons. The molecular weight excluding hydrogens is 354 g/mol. The SMILES string of the molecule is COc1ccccc1N1CCN(C2CC(=O)N(c3ccccc3C)C2=O)CC1. The quantitative estimate of drug-likeness (QED) is 0.764. The molecule has 4 rings (SSSR count). The van der Waals surface area contributed by atoms with Crippen LogP contribution >= 0.6 is 0 Å². The predicted molar refractivity (Wildman–Crippen MR) is 109 cm³/mol. The molecule has 28 heavy (non-hydrogen) atoms. The normalized spacial score (nSPS) is 20.7. The molecule has 2 aliphatic heterocycles. The number of benzene rings is 2. The molecule has 2 amide bonds. The molecule has 1 unspecified atom stereocenters. The summed E-state index contributed by atoms with van der Waals surface area (Å²) < 4.78 is 5.47. The highest BCUT2D eigenvalue weighted by Crippen LogP contribution is 2.31. The molecule has 146 valence electrons. The molecule has 1 atom stereocenters. The summed E-state index contributed by atoms with van der Waals surface area (Å²) in [4.78, 5) is 31.4. The van der Waals surface area contributed by atoms with Crippen LogP contribution in [0.4, 0.5) is 11.4 Å². The van der Waals surface area contributed by atoms with Gasteiger partial charge >= 0.3 is 0 Å². The van der Waals surface area contributed by atoms with Crippen LogP contribution in [0.15, 0.2) is 48.5 Å². The summed E-state index contributed by atoms with van der Waals surface area (Å²) in [6.45, 7) is 4.99. The topological polar surface area (TPSA) is 53.1 Å². The van der Waals surface area contributed by atoms with Gasteiger partial charge in [-0.1, -0.05) is 30.3 Å². The molecule has 2 aliphatic rings. The molecule has 0 saturated carbocycles. The summed E-state index contributed by atoms with van der Waals surface area (Å²) in [6, 6.07) is 15.2. The van der Waals surface area contributed by atoms with E-state index in [4.69, 9.17) is 4.74 Å². The number of piperazine rings is 1. The van der Waals surface area contributed by atoms with Crippen molar-refractivity contribution in [3.05, 3.63) is 54.1 Å². The van der Waals surface area contributed by atoms with E-state index >= 15 is 0 Å². The number of methoxy groups -OCH3 is 1. The number of para-hydroxylation sites is 3. The largest absolute Gasteiger partial charge is 0.495 e. The van der Waals surface area contributed by atoms with E-state index in [9.17, 15) is 9.59 Å². The van der Waals surface area contributed by atoms with Crippen molar-refractivity contribution in [3.8, 4) is 5.75 Å². The van der Waals surface area contributed by atoms with Gasteiger partial charge in [-0.3, -0.25) is 14.5 Å². The first kappa shape index (κ1) is 18.5. The van der Waals surface area contributed by atoms with E-state index < -0.39 is 0 Å². The molecule has 0 aliphatic carbocycles. The number of hydrogen-bond donors (Lipinski definition) is 0. The lowest BCUT2D eigenvalue weighted by Gasteiger charge is -2.38. The molecule has 2 aromatic carbocycles. The number of aryl methyl sites for hydroxylation is 1. The van der Waals surface area contributed by atoms with Crippen LogP contribution in [0.1, 0.15) is 12.0 Å². The van der Waals surface area contributed by atoms with Crippen LogP contribution in [0.25, 0.3) is 0 Å². The number of imide groups is 1. The van der Waals surface area contributed by atoms with Gasteiger partial charge in [0.1, 0.15) is 5.75 Å². The fourth-order valence-corrected chi connectivity index (χ4v) is 4.13. The van der Waals surface area contributed by atoms with Gasteiger partial charge in [0.15, 0.2) is 0 Å². The molecule has 2 heterocycles. The second-order valence-corrected chi connectivity index (χ2v) is 7.27. The maximum atomic E-state index is 13.0. The number of hydrogen-bond acceptors (Lipinski definition) is 5. The Hall–Kier alpha value is -2.86. The fourth-order valence-electron chi connectivity index (χ4n) is 4.13. The lowest BCUT2D eigenvalue weighted by Crippen LogP contribution is -2.52. The Morgan fingerprint density at radius 3 is 2.21 bits per heavy atom. The Labute approximate surface area is 165 Å². The van der Waals surface area contributed by atoms with E-state index in [1.54, 1.807) is 7.11 Å². The first-order valence-corrected chi connectivity index (χ1v) is 9.64. The van der Waals surface area contributed by atoms with Crippen LogP contribution in [0, 0.1) is 6.92 Å². The van der Waals surface area contributed by atoms with Crippen molar-refractivity contribution >= 4 is 23.2 Å². The second kappa shape index (κ2) is 7.64. The van der Waals surface area contributed by atoms with Gasteiger partial charge in [0, 0.05) is 26.2 Å². The smallest absolute Gasteiger partial charge is 0.251 e. The van der Waals surface area contributed by atoms with Crippen LogP contribution in [0.3, 0.4) is 0 Å². The van der Waals surface area contributed by atoms with Crippen molar-refractivity contribution in [2.45, 2.75) is 19.4 Å². The van der Waals surface area contributed by atoms with E-state index in [-0.39, 0.29) is 24.3 Å². The predicted octanol–water partition coefficient (Wildman–Crippen LogP) is 2.46. The minimum Gasteiger partial charge on any atom is -0.495 e. The van der Waals surface area contributed by atoms with Gasteiger partial charge in [0.2, 0.25) is 5.91 Å². The Morgan fingerprint density at radius 1 is 0.893 bits per heavy atom. The van der Waals surface area contributed by atoms with Gasteiger partial charge < -0.3 is 9.64 Å². The average Bonchev–Trinajstić information content (AvgIpc) is 3.02. The molecule has 2 aromatic rings. The third-order valence-corrected chi connectivity index (χ3v) is 5.66. The summed E-state index contributed by atoms with van der Waals surface area (Å²) in [5.41, 5.74) is 2.71. The number of carbonyl (C=O) groups is 2. The number of anilines is 2. The molecule has 6 nitrogen and oxygen atoms in total. The third kappa shape index (κ3) is 3.24. The van der Waals surface area contributed by atoms with Crippen molar-refractivity contribution in [3.63, 3.8) is 0 Å². The van der Waals surface area contributed by atoms with E-state index in [0.717, 1.165) is 43.2 Å². The highest BCUT2D eigenvalue weighted by Gasteiger charge is 2.43. The minimum atomic E-state index is -0.369. The number of ether oxygens (including phenoxy) is 1. The van der Waals surface area contributed by atoms with Gasteiger partial charge in [-0.2, -0.15) is 0 Å². The van der Waals surface area contributed by atoms with E-state index in [1.165, 1.54) is 4.90 Å². The summed E-state index contributed by atoms with van der Waals surface area (Å²) in [7, 11) is 1.68. The van der Waals surface area contributed by atoms with E-state index in [1.807, 2.05) is 49.4 Å². The number of amides is 2. The lowest BCUT2D eigenvalue weighted by atomic mass is 10.1. The number of nitrogens with zero attached hydrogens (tertiary/aromatic N) is 3. The van der Waals surface area contributed by atoms with Crippen LogP contribution < -0.4 is 14.5 Å². The molecule has 0 spiro atoms. The van der Waals surface area contributed by atoms with Gasteiger partial charge in [-0.15, -0.1) is 0 Å². The van der Waals surface area contributed by atoms with Gasteiger partial charge in [-0.25, -0.2) is 4.90 Å². The van der Waals surface area contributed by atoms with Crippen LogP contribution in [-0.2, 0) is 9.59 Å². The van der Waals surface area contributed by atoms with Gasteiger partial charge in [0.05, 0.1) is 30.9 Å². The summed E-state index contributed by atoms with van der Waals surface area (Å²) in [5, 5.41) is 0.